The summed E-state index contributed by atoms with van der Waals surface area (Å²) in [5.74, 6) is 1.38. The summed E-state index contributed by atoms with van der Waals surface area (Å²) in [7, 11) is 1.92. The van der Waals surface area contributed by atoms with Crippen molar-refractivity contribution in [3.8, 4) is 34.8 Å². The van der Waals surface area contributed by atoms with Crippen molar-refractivity contribution in [3.05, 3.63) is 101 Å². The minimum absolute atomic E-state index is 0.198. The van der Waals surface area contributed by atoms with Crippen LogP contribution in [0.2, 0.25) is 0 Å². The van der Waals surface area contributed by atoms with Gasteiger partial charge in [-0.05, 0) is 58.7 Å². The molecule has 0 aliphatic carbocycles. The summed E-state index contributed by atoms with van der Waals surface area (Å²) in [6, 6.07) is 23.0. The number of aryl methyl sites for hydroxylation is 1. The van der Waals surface area contributed by atoms with Gasteiger partial charge in [0.2, 0.25) is 6.79 Å². The Hall–Kier alpha value is -4.59. The van der Waals surface area contributed by atoms with E-state index >= 15 is 0 Å². The van der Waals surface area contributed by atoms with Crippen LogP contribution in [0.1, 0.15) is 34.1 Å². The van der Waals surface area contributed by atoms with E-state index in [-0.39, 0.29) is 12.9 Å². The zero-order chi connectivity index (χ0) is 23.5. The van der Waals surface area contributed by atoms with Crippen molar-refractivity contribution in [1.29, 1.82) is 10.5 Å². The fraction of sp³-hybridized carbons (Fsp3) is 0.148. The van der Waals surface area contributed by atoms with Gasteiger partial charge in [0.25, 0.3) is 0 Å². The number of nitrogens with zero attached hydrogens (tertiary/aromatic N) is 4. The van der Waals surface area contributed by atoms with Crippen molar-refractivity contribution < 1.29 is 14.2 Å². The molecule has 0 saturated carbocycles. The Labute approximate surface area is 197 Å². The summed E-state index contributed by atoms with van der Waals surface area (Å²) in [5, 5.41) is 18.6. The molecule has 1 aromatic heterocycles. The number of fused-ring (bicyclic) bond motifs is 1. The molecule has 0 spiro atoms. The van der Waals surface area contributed by atoms with Gasteiger partial charge in [-0.3, -0.25) is 0 Å². The van der Waals surface area contributed by atoms with Crippen LogP contribution in [0.15, 0.2) is 73.2 Å². The molecule has 7 heteroatoms. The first-order valence-electron chi connectivity index (χ1n) is 10.7. The number of benzene rings is 3. The molecule has 0 N–H and O–H groups in total. The van der Waals surface area contributed by atoms with E-state index in [1.165, 1.54) is 0 Å². The summed E-state index contributed by atoms with van der Waals surface area (Å²) < 4.78 is 19.4. The molecule has 0 radical (unpaired) electrons. The molecule has 0 bridgehead atoms. The molecule has 4 aromatic rings. The van der Waals surface area contributed by atoms with E-state index in [0.29, 0.717) is 29.2 Å². The van der Waals surface area contributed by atoms with Gasteiger partial charge in [0.05, 0.1) is 48.1 Å². The Morgan fingerprint density at radius 3 is 2.47 bits per heavy atom. The van der Waals surface area contributed by atoms with E-state index in [1.54, 1.807) is 30.7 Å². The number of ether oxygens (including phenoxy) is 3. The van der Waals surface area contributed by atoms with Gasteiger partial charge in [0.15, 0.2) is 11.5 Å². The van der Waals surface area contributed by atoms with Crippen LogP contribution in [-0.2, 0) is 18.4 Å². The Kier molecular flexibility index (Phi) is 5.70. The van der Waals surface area contributed by atoms with Crippen molar-refractivity contribution in [2.75, 3.05) is 6.79 Å². The second-order valence-electron chi connectivity index (χ2n) is 7.91. The summed E-state index contributed by atoms with van der Waals surface area (Å²) in [4.78, 5) is 4.25. The molecule has 1 aliphatic rings. The number of aromatic nitrogens is 2. The largest absolute Gasteiger partial charge is 0.454 e. The molecule has 0 fully saturated rings. The third-order valence-electron chi connectivity index (χ3n) is 5.79. The molecule has 0 saturated heterocycles. The standard InChI is InChI=1S/C27H20N4O3/c1-31-16-30-14-24(31)27(20-5-2-18(12-28)3-6-20)32-15-22-7-4-19(13-29)10-23(22)21-8-9-25-26(11-21)34-17-33-25/h2-11,14,16,27H,15,17H2,1H3. The van der Waals surface area contributed by atoms with Gasteiger partial charge in [-0.15, -0.1) is 0 Å². The van der Waals surface area contributed by atoms with E-state index in [0.717, 1.165) is 27.9 Å². The molecular formula is C27H20N4O3. The minimum atomic E-state index is -0.388. The zero-order valence-electron chi connectivity index (χ0n) is 18.4. The van der Waals surface area contributed by atoms with E-state index < -0.39 is 0 Å². The number of rotatable bonds is 6. The summed E-state index contributed by atoms with van der Waals surface area (Å²) in [6.45, 7) is 0.495. The molecule has 34 heavy (non-hydrogen) atoms. The first-order valence-corrected chi connectivity index (χ1v) is 10.7. The molecular weight excluding hydrogens is 428 g/mol. The van der Waals surface area contributed by atoms with E-state index in [1.807, 2.05) is 54.1 Å². The number of imidazole rings is 1. The molecule has 1 unspecified atom stereocenters. The van der Waals surface area contributed by atoms with Gasteiger partial charge in [-0.2, -0.15) is 10.5 Å². The van der Waals surface area contributed by atoms with Crippen LogP contribution in [0.5, 0.6) is 11.5 Å². The maximum absolute atomic E-state index is 9.46. The van der Waals surface area contributed by atoms with Gasteiger partial charge < -0.3 is 18.8 Å². The lowest BCUT2D eigenvalue weighted by atomic mass is 9.97. The van der Waals surface area contributed by atoms with Gasteiger partial charge in [0, 0.05) is 7.05 Å². The lowest BCUT2D eigenvalue weighted by Crippen LogP contribution is -2.11. The van der Waals surface area contributed by atoms with Gasteiger partial charge >= 0.3 is 0 Å². The van der Waals surface area contributed by atoms with Gasteiger partial charge in [-0.1, -0.05) is 24.3 Å². The predicted molar refractivity (Wildman–Crippen MR) is 124 cm³/mol. The Bertz CT molecular complexity index is 1430. The Balaban J connectivity index is 1.49. The van der Waals surface area contributed by atoms with E-state index in [4.69, 9.17) is 19.5 Å². The van der Waals surface area contributed by atoms with Crippen LogP contribution in [0, 0.1) is 22.7 Å². The number of hydrogen-bond donors (Lipinski definition) is 0. The highest BCUT2D eigenvalue weighted by atomic mass is 16.7. The minimum Gasteiger partial charge on any atom is -0.454 e. The monoisotopic (exact) mass is 448 g/mol. The third-order valence-corrected chi connectivity index (χ3v) is 5.79. The highest BCUT2D eigenvalue weighted by molar-refractivity contribution is 5.72. The lowest BCUT2D eigenvalue weighted by Gasteiger charge is -2.20. The van der Waals surface area contributed by atoms with Crippen LogP contribution < -0.4 is 9.47 Å². The average molecular weight is 448 g/mol. The quantitative estimate of drug-likeness (QED) is 0.418. The normalized spacial score (nSPS) is 12.7. The average Bonchev–Trinajstić information content (AvgIpc) is 3.53. The molecule has 7 nitrogen and oxygen atoms in total. The fourth-order valence-electron chi connectivity index (χ4n) is 3.98. The summed E-state index contributed by atoms with van der Waals surface area (Å²) in [5.41, 5.74) is 5.69. The van der Waals surface area contributed by atoms with E-state index in [2.05, 4.69) is 17.1 Å². The highest BCUT2D eigenvalue weighted by Gasteiger charge is 2.20. The van der Waals surface area contributed by atoms with Gasteiger partial charge in [-0.25, -0.2) is 4.98 Å². The van der Waals surface area contributed by atoms with Crippen LogP contribution in [-0.4, -0.2) is 16.3 Å². The lowest BCUT2D eigenvalue weighted by molar-refractivity contribution is 0.0624. The zero-order valence-corrected chi connectivity index (χ0v) is 18.4. The second kappa shape index (κ2) is 9.11. The van der Waals surface area contributed by atoms with Crippen molar-refractivity contribution in [2.45, 2.75) is 12.7 Å². The topological polar surface area (TPSA) is 93.1 Å². The Morgan fingerprint density at radius 2 is 1.74 bits per heavy atom. The van der Waals surface area contributed by atoms with Crippen molar-refractivity contribution >= 4 is 0 Å². The maximum Gasteiger partial charge on any atom is 0.231 e. The molecule has 3 aromatic carbocycles. The first-order chi connectivity index (χ1) is 16.7. The molecule has 2 heterocycles. The van der Waals surface area contributed by atoms with Crippen molar-refractivity contribution in [1.82, 2.24) is 9.55 Å². The smallest absolute Gasteiger partial charge is 0.231 e. The van der Waals surface area contributed by atoms with Crippen LogP contribution in [0.25, 0.3) is 11.1 Å². The van der Waals surface area contributed by atoms with Gasteiger partial charge in [0.1, 0.15) is 6.10 Å². The molecule has 1 aliphatic heterocycles. The van der Waals surface area contributed by atoms with Crippen LogP contribution in [0.3, 0.4) is 0 Å². The Morgan fingerprint density at radius 1 is 0.971 bits per heavy atom. The van der Waals surface area contributed by atoms with Crippen LogP contribution in [0.4, 0.5) is 0 Å². The van der Waals surface area contributed by atoms with Crippen molar-refractivity contribution in [3.63, 3.8) is 0 Å². The van der Waals surface area contributed by atoms with Crippen LogP contribution >= 0.6 is 0 Å². The predicted octanol–water partition coefficient (Wildman–Crippen LogP) is 4.87. The highest BCUT2D eigenvalue weighted by Crippen LogP contribution is 2.38. The van der Waals surface area contributed by atoms with Crippen molar-refractivity contribution in [2.24, 2.45) is 7.05 Å². The molecule has 0 amide bonds. The summed E-state index contributed by atoms with van der Waals surface area (Å²) >= 11 is 0. The molecule has 5 rings (SSSR count). The SMILES string of the molecule is Cn1cncc1C(OCc1ccc(C#N)cc1-c1ccc2c(c1)OCO2)c1ccc(C#N)cc1. The maximum atomic E-state index is 9.46. The fourth-order valence-corrected chi connectivity index (χ4v) is 3.98. The summed E-state index contributed by atoms with van der Waals surface area (Å²) in [6.07, 6.45) is 3.12. The number of hydrogen-bond acceptors (Lipinski definition) is 6. The van der Waals surface area contributed by atoms with E-state index in [9.17, 15) is 5.26 Å². The molecule has 1 atom stereocenters. The first kappa shape index (κ1) is 21.3. The third kappa shape index (κ3) is 4.09. The number of nitriles is 2. The molecule has 166 valence electrons. The second-order valence-corrected chi connectivity index (χ2v) is 7.91.